The van der Waals surface area contributed by atoms with Crippen LogP contribution in [0.4, 0.5) is 0 Å². The van der Waals surface area contributed by atoms with Crippen molar-refractivity contribution in [2.45, 2.75) is 51.7 Å². The van der Waals surface area contributed by atoms with Crippen LogP contribution in [0.15, 0.2) is 41.5 Å². The molecule has 1 fully saturated rings. The topological polar surface area (TPSA) is 72.0 Å². The number of halogens is 2. The molecule has 0 spiro atoms. The number of hydrogen-bond acceptors (Lipinski definition) is 5. The van der Waals surface area contributed by atoms with Crippen LogP contribution in [0.5, 0.6) is 11.5 Å². The largest absolute Gasteiger partial charge is 0.490 e. The smallest absolute Gasteiger partial charge is 0.254 e. The Morgan fingerprint density at radius 3 is 2.75 bits per heavy atom. The summed E-state index contributed by atoms with van der Waals surface area (Å²) in [6.07, 6.45) is 7.65. The first-order valence-electron chi connectivity index (χ1n) is 10.9. The number of hydrogen-bond donors (Lipinski definition) is 2. The van der Waals surface area contributed by atoms with Crippen molar-refractivity contribution in [2.75, 3.05) is 13.2 Å². The number of nitrogens with one attached hydrogen (secondary N) is 2. The van der Waals surface area contributed by atoms with Crippen LogP contribution in [0.25, 0.3) is 0 Å². The molecule has 3 rings (SSSR count). The van der Waals surface area contributed by atoms with Crippen molar-refractivity contribution in [1.82, 2.24) is 10.7 Å². The summed E-state index contributed by atoms with van der Waals surface area (Å²) >= 11 is 8.45. The summed E-state index contributed by atoms with van der Waals surface area (Å²) in [5, 5.41) is 8.08. The molecule has 0 unspecified atom stereocenters. The van der Waals surface area contributed by atoms with Gasteiger partial charge in [-0.2, -0.15) is 5.10 Å². The van der Waals surface area contributed by atoms with E-state index in [1.54, 1.807) is 6.21 Å². The Bertz CT molecular complexity index is 933. The van der Waals surface area contributed by atoms with Gasteiger partial charge in [0.2, 0.25) is 0 Å². The highest BCUT2D eigenvalue weighted by Gasteiger charge is 2.14. The van der Waals surface area contributed by atoms with Crippen molar-refractivity contribution in [3.8, 4) is 11.5 Å². The Balaban J connectivity index is 1.59. The zero-order chi connectivity index (χ0) is 22.8. The lowest BCUT2D eigenvalue weighted by Gasteiger charge is -2.22. The van der Waals surface area contributed by atoms with Gasteiger partial charge in [-0.3, -0.25) is 4.79 Å². The van der Waals surface area contributed by atoms with Crippen molar-refractivity contribution in [2.24, 2.45) is 5.10 Å². The van der Waals surface area contributed by atoms with Gasteiger partial charge in [0.25, 0.3) is 5.91 Å². The van der Waals surface area contributed by atoms with E-state index >= 15 is 0 Å². The third-order valence-corrected chi connectivity index (χ3v) is 6.39. The molecule has 1 aliphatic carbocycles. The Kier molecular flexibility index (Phi) is 10.1. The lowest BCUT2D eigenvalue weighted by Crippen LogP contribution is -2.38. The first kappa shape index (κ1) is 24.8. The van der Waals surface area contributed by atoms with Crippen LogP contribution < -0.4 is 20.2 Å². The van der Waals surface area contributed by atoms with E-state index in [9.17, 15) is 4.79 Å². The molecule has 8 heteroatoms. The second kappa shape index (κ2) is 13.0. The van der Waals surface area contributed by atoms with Crippen molar-refractivity contribution < 1.29 is 14.3 Å². The van der Waals surface area contributed by atoms with Crippen LogP contribution >= 0.6 is 34.2 Å². The zero-order valence-electron chi connectivity index (χ0n) is 18.2. The van der Waals surface area contributed by atoms with E-state index in [2.05, 4.69) is 38.4 Å². The third kappa shape index (κ3) is 7.64. The lowest BCUT2D eigenvalue weighted by molar-refractivity contribution is -0.120. The zero-order valence-corrected chi connectivity index (χ0v) is 21.1. The van der Waals surface area contributed by atoms with Crippen LogP contribution in [0, 0.1) is 3.57 Å². The third-order valence-electron chi connectivity index (χ3n) is 5.22. The second-order valence-electron chi connectivity index (χ2n) is 7.65. The van der Waals surface area contributed by atoms with Gasteiger partial charge >= 0.3 is 0 Å². The number of ether oxygens (including phenoxy) is 2. The Morgan fingerprint density at radius 2 is 2.00 bits per heavy atom. The van der Waals surface area contributed by atoms with Crippen LogP contribution in [0.2, 0.25) is 5.02 Å². The predicted octanol–water partition coefficient (Wildman–Crippen LogP) is 5.29. The highest BCUT2D eigenvalue weighted by Crippen LogP contribution is 2.35. The number of carbonyl (C=O) groups is 1. The summed E-state index contributed by atoms with van der Waals surface area (Å²) in [6, 6.07) is 11.8. The van der Waals surface area contributed by atoms with E-state index in [1.807, 2.05) is 43.3 Å². The molecule has 0 aliphatic heterocycles. The van der Waals surface area contributed by atoms with Crippen LogP contribution in [-0.2, 0) is 11.4 Å². The summed E-state index contributed by atoms with van der Waals surface area (Å²) < 4.78 is 12.7. The van der Waals surface area contributed by atoms with Gasteiger partial charge in [0.15, 0.2) is 11.5 Å². The maximum atomic E-state index is 12.1. The maximum Gasteiger partial charge on any atom is 0.254 e. The van der Waals surface area contributed by atoms with E-state index in [-0.39, 0.29) is 12.5 Å². The number of rotatable bonds is 10. The Hall–Kier alpha value is -1.84. The number of amides is 1. The van der Waals surface area contributed by atoms with Gasteiger partial charge in [-0.25, -0.2) is 5.43 Å². The van der Waals surface area contributed by atoms with Crippen molar-refractivity contribution in [3.63, 3.8) is 0 Å². The highest BCUT2D eigenvalue weighted by molar-refractivity contribution is 14.1. The predicted molar refractivity (Wildman–Crippen MR) is 137 cm³/mol. The fourth-order valence-electron chi connectivity index (χ4n) is 3.59. The van der Waals surface area contributed by atoms with Crippen molar-refractivity contribution in [3.05, 3.63) is 56.1 Å². The molecule has 2 N–H and O–H groups in total. The quantitative estimate of drug-likeness (QED) is 0.232. The average Bonchev–Trinajstić information content (AvgIpc) is 2.79. The minimum atomic E-state index is -0.147. The molecule has 2 aromatic carbocycles. The lowest BCUT2D eigenvalue weighted by atomic mass is 9.95. The molecule has 172 valence electrons. The van der Waals surface area contributed by atoms with Gasteiger partial charge in [-0.05, 0) is 66.1 Å². The molecule has 0 heterocycles. The fraction of sp³-hybridized carbons (Fsp3) is 0.417. The van der Waals surface area contributed by atoms with Gasteiger partial charge in [-0.1, -0.05) is 49.1 Å². The number of hydrazone groups is 1. The molecule has 0 radical (unpaired) electrons. The molecular weight excluding hydrogens is 541 g/mol. The molecular formula is C24H29ClIN3O3. The number of benzene rings is 2. The molecule has 0 atom stereocenters. The van der Waals surface area contributed by atoms with Crippen LogP contribution in [0.1, 0.15) is 50.2 Å². The summed E-state index contributed by atoms with van der Waals surface area (Å²) in [6.45, 7) is 3.04. The van der Waals surface area contributed by atoms with E-state index < -0.39 is 0 Å². The number of carbonyl (C=O) groups excluding carboxylic acids is 1. The van der Waals surface area contributed by atoms with Gasteiger partial charge in [0.1, 0.15) is 6.61 Å². The Morgan fingerprint density at radius 1 is 1.22 bits per heavy atom. The van der Waals surface area contributed by atoms with E-state index in [0.717, 1.165) is 27.5 Å². The maximum absolute atomic E-state index is 12.1. The molecule has 2 aromatic rings. The van der Waals surface area contributed by atoms with E-state index in [0.29, 0.717) is 35.8 Å². The summed E-state index contributed by atoms with van der Waals surface area (Å²) in [5.74, 6) is 1.13. The van der Waals surface area contributed by atoms with Gasteiger partial charge < -0.3 is 14.8 Å². The second-order valence-corrected chi connectivity index (χ2v) is 9.22. The molecule has 1 amide bonds. The first-order chi connectivity index (χ1) is 15.6. The monoisotopic (exact) mass is 569 g/mol. The normalized spacial score (nSPS) is 14.5. The molecule has 6 nitrogen and oxygen atoms in total. The molecule has 0 saturated heterocycles. The number of nitrogens with zero attached hydrogens (tertiary/aromatic N) is 1. The molecule has 32 heavy (non-hydrogen) atoms. The molecule has 1 saturated carbocycles. The summed E-state index contributed by atoms with van der Waals surface area (Å²) in [7, 11) is 0. The molecule has 0 bridgehead atoms. The van der Waals surface area contributed by atoms with Gasteiger partial charge in [0, 0.05) is 16.6 Å². The average molecular weight is 570 g/mol. The van der Waals surface area contributed by atoms with Gasteiger partial charge in [0.05, 0.1) is 22.9 Å². The first-order valence-corrected chi connectivity index (χ1v) is 12.4. The van der Waals surface area contributed by atoms with E-state index in [4.69, 9.17) is 21.1 Å². The summed E-state index contributed by atoms with van der Waals surface area (Å²) in [4.78, 5) is 12.1. The molecule has 1 aliphatic rings. The SMILES string of the molecule is CCOc1cc(/C=N\NC(=O)CNC2CCCCC2)cc(I)c1OCc1ccccc1Cl. The fourth-order valence-corrected chi connectivity index (χ4v) is 4.56. The van der Waals surface area contributed by atoms with Crippen LogP contribution in [-0.4, -0.2) is 31.3 Å². The Labute approximate surface area is 208 Å². The minimum absolute atomic E-state index is 0.147. The minimum Gasteiger partial charge on any atom is -0.490 e. The summed E-state index contributed by atoms with van der Waals surface area (Å²) in [5.41, 5.74) is 4.30. The highest BCUT2D eigenvalue weighted by atomic mass is 127. The van der Waals surface area contributed by atoms with Crippen molar-refractivity contribution in [1.29, 1.82) is 0 Å². The van der Waals surface area contributed by atoms with E-state index in [1.165, 1.54) is 19.3 Å². The van der Waals surface area contributed by atoms with Crippen molar-refractivity contribution >= 4 is 46.3 Å². The van der Waals surface area contributed by atoms with Gasteiger partial charge in [-0.15, -0.1) is 0 Å². The standard InChI is InChI=1S/C24H29ClIN3O3/c1-2-31-22-13-17(14-28-29-23(30)15-27-19-9-4-3-5-10-19)12-21(26)24(22)32-16-18-8-6-7-11-20(18)25/h6-8,11-14,19,27H,2-5,9-10,15-16H2,1H3,(H,29,30)/b28-14-. The van der Waals surface area contributed by atoms with Crippen LogP contribution in [0.3, 0.4) is 0 Å². The molecule has 0 aromatic heterocycles.